The minimum atomic E-state index is -3.22. The van der Waals surface area contributed by atoms with E-state index in [1.165, 1.54) is 11.0 Å². The highest BCUT2D eigenvalue weighted by Crippen LogP contribution is 2.43. The minimum Gasteiger partial charge on any atom is -0.402 e. The number of alkyl halides is 3. The number of aromatic nitrogens is 4. The van der Waals surface area contributed by atoms with Crippen molar-refractivity contribution >= 4 is 49.5 Å². The molecule has 9 nitrogen and oxygen atoms in total. The van der Waals surface area contributed by atoms with Gasteiger partial charge in [-0.1, -0.05) is 101 Å². The maximum atomic E-state index is 15.2. The summed E-state index contributed by atoms with van der Waals surface area (Å²) in [6.07, 6.45) is -3.69. The van der Waals surface area contributed by atoms with Crippen LogP contribution in [0.25, 0.3) is 11.0 Å². The molecule has 3 aromatic carbocycles. The molecule has 1 aliphatic heterocycles. The fraction of sp³-hybridized carbons (Fsp3) is 0.455. The van der Waals surface area contributed by atoms with E-state index in [2.05, 4.69) is 60.8 Å². The van der Waals surface area contributed by atoms with Crippen LogP contribution in [0.5, 0.6) is 0 Å². The van der Waals surface area contributed by atoms with E-state index in [0.29, 0.717) is 6.61 Å². The van der Waals surface area contributed by atoms with Gasteiger partial charge in [0.1, 0.15) is 36.7 Å². The third-order valence-electron chi connectivity index (χ3n) is 11.7. The summed E-state index contributed by atoms with van der Waals surface area (Å²) in [6, 6.07) is 21.8. The van der Waals surface area contributed by atoms with Crippen LogP contribution >= 0.6 is 0 Å². The van der Waals surface area contributed by atoms with Gasteiger partial charge < -0.3 is 19.4 Å². The second kappa shape index (κ2) is 17.5. The lowest BCUT2D eigenvalue weighted by Gasteiger charge is -2.45. The summed E-state index contributed by atoms with van der Waals surface area (Å²) in [5.41, 5.74) is -0.0873. The minimum absolute atomic E-state index is 0.0415. The maximum absolute atomic E-state index is 15.2. The molecule has 16 heteroatoms. The monoisotopic (exact) mass is 864 g/mol. The van der Waals surface area contributed by atoms with Crippen molar-refractivity contribution in [3.8, 4) is 0 Å². The van der Waals surface area contributed by atoms with Gasteiger partial charge in [0.05, 0.1) is 30.1 Å². The van der Waals surface area contributed by atoms with E-state index in [0.717, 1.165) is 39.5 Å². The standard InChI is InChI=1S/C44H53F5N6O3Si2/c1-44(2,3)60(31-13-9-7-10-14-31,32-15-11-8-12-16-32)58-37-22-28(40(48)49)21-35(37)52-41-38-39(53-55(42(38)51-26-50-41)27-57-19-20-59(4,5)6)43(56)54-25-30(46)24-36(54)33-23-29(45)17-18-34(33)47/h7-18,23,26,28,30,35-37,40H,19-22,24-25,27H2,1-6H3,(H,50,51,52)/t28-,30+,35-,36-,37-/m1/s1. The number of anilines is 1. The van der Waals surface area contributed by atoms with E-state index in [1.54, 1.807) is 0 Å². The molecule has 2 aliphatic rings. The van der Waals surface area contributed by atoms with E-state index in [9.17, 15) is 18.0 Å². The van der Waals surface area contributed by atoms with Crippen LogP contribution in [0.4, 0.5) is 27.8 Å². The van der Waals surface area contributed by atoms with E-state index >= 15 is 8.78 Å². The van der Waals surface area contributed by atoms with Gasteiger partial charge in [-0.2, -0.15) is 5.10 Å². The number of nitrogens with one attached hydrogen (secondary N) is 1. The zero-order valence-corrected chi connectivity index (χ0v) is 36.8. The van der Waals surface area contributed by atoms with Crippen molar-refractivity contribution in [2.45, 2.75) is 108 Å². The Morgan fingerprint density at radius 1 is 0.933 bits per heavy atom. The number of hydrogen-bond acceptors (Lipinski definition) is 7. The van der Waals surface area contributed by atoms with Crippen LogP contribution in [0.1, 0.15) is 62.1 Å². The number of nitrogens with zero attached hydrogens (tertiary/aromatic N) is 5. The molecular weight excluding hydrogens is 812 g/mol. The molecule has 320 valence electrons. The van der Waals surface area contributed by atoms with Gasteiger partial charge in [0.2, 0.25) is 6.43 Å². The second-order valence-corrected chi connectivity index (χ2v) is 28.1. The Kier molecular flexibility index (Phi) is 12.7. The van der Waals surface area contributed by atoms with Crippen LogP contribution in [0.15, 0.2) is 85.2 Å². The summed E-state index contributed by atoms with van der Waals surface area (Å²) in [5.74, 6) is -3.09. The molecule has 1 saturated heterocycles. The number of fused-ring (bicyclic) bond motifs is 1. The highest BCUT2D eigenvalue weighted by Gasteiger charge is 2.54. The van der Waals surface area contributed by atoms with Crippen molar-refractivity contribution in [3.05, 3.63) is 108 Å². The molecule has 0 unspecified atom stereocenters. The topological polar surface area (TPSA) is 94.4 Å². The molecule has 1 N–H and O–H groups in total. The van der Waals surface area contributed by atoms with Gasteiger partial charge in [-0.25, -0.2) is 36.6 Å². The van der Waals surface area contributed by atoms with Gasteiger partial charge in [0.25, 0.3) is 14.2 Å². The van der Waals surface area contributed by atoms with E-state index in [4.69, 9.17) is 9.16 Å². The van der Waals surface area contributed by atoms with Crippen molar-refractivity contribution in [3.63, 3.8) is 0 Å². The molecule has 0 bridgehead atoms. The predicted molar refractivity (Wildman–Crippen MR) is 228 cm³/mol. The fourth-order valence-corrected chi connectivity index (χ4v) is 14.2. The average molecular weight is 865 g/mol. The predicted octanol–water partition coefficient (Wildman–Crippen LogP) is 8.74. The number of carbonyl (C=O) groups is 1. The number of carbonyl (C=O) groups excluding carboxylic acids is 1. The molecule has 1 saturated carbocycles. The first-order valence-corrected chi connectivity index (χ1v) is 26.1. The third-order valence-corrected chi connectivity index (χ3v) is 18.5. The SMILES string of the molecule is CC(C)(C)[Si](O[C@@H]1C[C@H](C(F)F)C[C@H]1Nc1ncnc2c1c(C(=O)N1C[C@@H](F)C[C@@H]1c1cc(F)ccc1F)nn2COCC[Si](C)(C)C)(c1ccccc1)c1ccccc1. The van der Waals surface area contributed by atoms with Crippen LogP contribution in [0.3, 0.4) is 0 Å². The summed E-state index contributed by atoms with van der Waals surface area (Å²) in [6.45, 7) is 13.0. The molecule has 2 fully saturated rings. The van der Waals surface area contributed by atoms with Gasteiger partial charge in [-0.15, -0.1) is 0 Å². The summed E-state index contributed by atoms with van der Waals surface area (Å²) < 4.78 is 89.3. The van der Waals surface area contributed by atoms with Gasteiger partial charge in [-0.05, 0) is 52.5 Å². The van der Waals surface area contributed by atoms with E-state index in [-0.39, 0.29) is 60.6 Å². The highest BCUT2D eigenvalue weighted by molar-refractivity contribution is 6.99. The lowest BCUT2D eigenvalue weighted by molar-refractivity contribution is 0.0701. The van der Waals surface area contributed by atoms with Crippen molar-refractivity contribution in [2.24, 2.45) is 5.92 Å². The second-order valence-electron chi connectivity index (χ2n) is 18.2. The lowest BCUT2D eigenvalue weighted by Crippen LogP contribution is -2.68. The molecule has 5 atom stereocenters. The summed E-state index contributed by atoms with van der Waals surface area (Å²) >= 11 is 0. The molecule has 2 aromatic heterocycles. The smallest absolute Gasteiger partial charge is 0.275 e. The molecule has 60 heavy (non-hydrogen) atoms. The first-order chi connectivity index (χ1) is 28.5. The number of amides is 1. The molecule has 3 heterocycles. The lowest BCUT2D eigenvalue weighted by atomic mass is 10.0. The number of ether oxygens (including phenoxy) is 1. The Labute approximate surface area is 349 Å². The largest absolute Gasteiger partial charge is 0.402 e. The zero-order chi connectivity index (χ0) is 43.0. The van der Waals surface area contributed by atoms with Crippen LogP contribution in [-0.4, -0.2) is 84.8 Å². The first-order valence-electron chi connectivity index (χ1n) is 20.5. The first kappa shape index (κ1) is 43.6. The molecule has 0 spiro atoms. The van der Waals surface area contributed by atoms with Gasteiger partial charge in [0.15, 0.2) is 11.3 Å². The quantitative estimate of drug-likeness (QED) is 0.0679. The van der Waals surface area contributed by atoms with Crippen molar-refractivity contribution in [2.75, 3.05) is 18.5 Å². The summed E-state index contributed by atoms with van der Waals surface area (Å²) in [4.78, 5) is 24.9. The van der Waals surface area contributed by atoms with Gasteiger partial charge in [-0.3, -0.25) is 4.79 Å². The van der Waals surface area contributed by atoms with E-state index < -0.39 is 75.7 Å². The number of rotatable bonds is 14. The van der Waals surface area contributed by atoms with Crippen LogP contribution in [0.2, 0.25) is 30.7 Å². The third kappa shape index (κ3) is 8.92. The zero-order valence-electron chi connectivity index (χ0n) is 34.8. The normalized spacial score (nSPS) is 21.3. The summed E-state index contributed by atoms with van der Waals surface area (Å²) in [7, 11) is -4.69. The van der Waals surface area contributed by atoms with Crippen molar-refractivity contribution in [1.82, 2.24) is 24.6 Å². The molecule has 5 aromatic rings. The molecule has 1 aliphatic carbocycles. The van der Waals surface area contributed by atoms with Gasteiger partial charge in [0, 0.05) is 32.6 Å². The summed E-state index contributed by atoms with van der Waals surface area (Å²) in [5, 5.41) is 9.81. The van der Waals surface area contributed by atoms with Crippen LogP contribution in [0, 0.1) is 17.6 Å². The fourth-order valence-electron chi connectivity index (χ4n) is 8.72. The molecule has 0 radical (unpaired) electrons. The Hall–Kier alpha value is -4.52. The average Bonchev–Trinajstić information content (AvgIpc) is 3.91. The van der Waals surface area contributed by atoms with Crippen molar-refractivity contribution < 1.29 is 35.9 Å². The van der Waals surface area contributed by atoms with E-state index in [1.807, 2.05) is 60.7 Å². The number of hydrogen-bond donors (Lipinski definition) is 1. The Bertz CT molecular complexity index is 2230. The van der Waals surface area contributed by atoms with Crippen LogP contribution < -0.4 is 15.7 Å². The number of benzene rings is 3. The van der Waals surface area contributed by atoms with Gasteiger partial charge >= 0.3 is 0 Å². The number of likely N-dealkylation sites (tertiary alicyclic amines) is 1. The highest BCUT2D eigenvalue weighted by atomic mass is 28.4. The molecular formula is C44H53F5N6O3Si2. The maximum Gasteiger partial charge on any atom is 0.275 e. The Morgan fingerprint density at radius 2 is 1.60 bits per heavy atom. The Morgan fingerprint density at radius 3 is 2.22 bits per heavy atom. The molecule has 1 amide bonds. The Balaban J connectivity index is 1.31. The number of halogens is 5. The van der Waals surface area contributed by atoms with Crippen molar-refractivity contribution in [1.29, 1.82) is 0 Å². The van der Waals surface area contributed by atoms with Crippen LogP contribution in [-0.2, 0) is 15.9 Å². The molecule has 7 rings (SSSR count).